The van der Waals surface area contributed by atoms with E-state index in [1.54, 1.807) is 34.3 Å². The van der Waals surface area contributed by atoms with Crippen molar-refractivity contribution < 1.29 is 22.7 Å². The molecule has 4 rings (SSSR count). The molecule has 0 aromatic heterocycles. The fourth-order valence-corrected chi connectivity index (χ4v) is 5.77. The lowest BCUT2D eigenvalue weighted by Crippen LogP contribution is -2.41. The Morgan fingerprint density at radius 3 is 2.48 bits per heavy atom. The lowest BCUT2D eigenvalue weighted by Gasteiger charge is -2.33. The fourth-order valence-electron chi connectivity index (χ4n) is 4.25. The van der Waals surface area contributed by atoms with Gasteiger partial charge in [-0.2, -0.15) is 4.31 Å². The highest BCUT2D eigenvalue weighted by atomic mass is 32.2. The number of aryl methyl sites for hydroxylation is 1. The van der Waals surface area contributed by atoms with E-state index in [2.05, 4.69) is 0 Å². The lowest BCUT2D eigenvalue weighted by atomic mass is 9.98. The van der Waals surface area contributed by atoms with Crippen LogP contribution in [0.5, 0.6) is 0 Å². The van der Waals surface area contributed by atoms with Crippen molar-refractivity contribution in [2.75, 3.05) is 37.7 Å². The first-order chi connectivity index (χ1) is 13.0. The number of carbonyl (C=O) groups is 1. The maximum Gasteiger partial charge on any atom is 0.243 e. The van der Waals surface area contributed by atoms with Gasteiger partial charge >= 0.3 is 0 Å². The van der Waals surface area contributed by atoms with Crippen LogP contribution in [0.15, 0.2) is 23.1 Å². The Balaban J connectivity index is 1.50. The minimum Gasteiger partial charge on any atom is -0.350 e. The summed E-state index contributed by atoms with van der Waals surface area (Å²) in [6.45, 7) is 4.43. The topological polar surface area (TPSA) is 76.2 Å². The van der Waals surface area contributed by atoms with Gasteiger partial charge in [0, 0.05) is 38.2 Å². The zero-order valence-corrected chi connectivity index (χ0v) is 16.4. The molecule has 1 amide bonds. The van der Waals surface area contributed by atoms with Crippen LogP contribution >= 0.6 is 0 Å². The summed E-state index contributed by atoms with van der Waals surface area (Å²) in [5.74, 6) is 0.247. The van der Waals surface area contributed by atoms with E-state index in [1.807, 2.05) is 0 Å². The Morgan fingerprint density at radius 1 is 1.11 bits per heavy atom. The number of sulfonamides is 1. The van der Waals surface area contributed by atoms with E-state index in [4.69, 9.17) is 9.47 Å². The molecular weight excluding hydrogens is 368 g/mol. The van der Waals surface area contributed by atoms with Gasteiger partial charge in [0.15, 0.2) is 6.29 Å². The first-order valence-electron chi connectivity index (χ1n) is 9.61. The molecule has 1 aromatic rings. The molecule has 3 heterocycles. The summed E-state index contributed by atoms with van der Waals surface area (Å²) in [6.07, 6.45) is 2.94. The molecule has 7 nitrogen and oxygen atoms in total. The summed E-state index contributed by atoms with van der Waals surface area (Å²) >= 11 is 0. The highest BCUT2D eigenvalue weighted by molar-refractivity contribution is 7.89. The number of hydrogen-bond donors (Lipinski definition) is 0. The average molecular weight is 394 g/mol. The molecule has 0 spiro atoms. The number of benzene rings is 1. The van der Waals surface area contributed by atoms with Crippen molar-refractivity contribution in [2.45, 2.75) is 43.8 Å². The zero-order valence-electron chi connectivity index (χ0n) is 15.6. The van der Waals surface area contributed by atoms with Gasteiger partial charge in [0.1, 0.15) is 0 Å². The van der Waals surface area contributed by atoms with Crippen LogP contribution in [0.4, 0.5) is 5.69 Å². The first kappa shape index (κ1) is 18.9. The Bertz CT molecular complexity index is 811. The van der Waals surface area contributed by atoms with E-state index in [0.29, 0.717) is 37.7 Å². The van der Waals surface area contributed by atoms with Crippen LogP contribution in [0.1, 0.15) is 31.7 Å². The maximum atomic E-state index is 13.1. The van der Waals surface area contributed by atoms with Crippen molar-refractivity contribution >= 4 is 21.6 Å². The van der Waals surface area contributed by atoms with Crippen LogP contribution in [0.3, 0.4) is 0 Å². The van der Waals surface area contributed by atoms with Crippen molar-refractivity contribution in [3.63, 3.8) is 0 Å². The lowest BCUT2D eigenvalue weighted by molar-refractivity contribution is -0.116. The molecule has 0 unspecified atom stereocenters. The fraction of sp³-hybridized carbons (Fsp3) is 0.632. The van der Waals surface area contributed by atoms with Crippen LogP contribution in [-0.2, 0) is 30.7 Å². The highest BCUT2D eigenvalue weighted by Crippen LogP contribution is 2.32. The second kappa shape index (κ2) is 7.50. The molecular formula is C19H26N2O5S. The summed E-state index contributed by atoms with van der Waals surface area (Å²) < 4.78 is 38.9. The molecule has 148 valence electrons. The monoisotopic (exact) mass is 394 g/mol. The van der Waals surface area contributed by atoms with Gasteiger partial charge in [-0.25, -0.2) is 8.42 Å². The minimum atomic E-state index is -3.53. The van der Waals surface area contributed by atoms with Crippen LogP contribution < -0.4 is 4.90 Å². The molecule has 2 saturated heterocycles. The van der Waals surface area contributed by atoms with E-state index in [9.17, 15) is 13.2 Å². The Morgan fingerprint density at radius 2 is 1.81 bits per heavy atom. The highest BCUT2D eigenvalue weighted by Gasteiger charge is 2.35. The van der Waals surface area contributed by atoms with E-state index in [0.717, 1.165) is 36.9 Å². The number of fused-ring (bicyclic) bond motifs is 1. The molecule has 0 N–H and O–H groups in total. The number of ether oxygens (including phenoxy) is 2. The van der Waals surface area contributed by atoms with Crippen LogP contribution in [0.2, 0.25) is 0 Å². The normalized spacial score (nSPS) is 22.8. The van der Waals surface area contributed by atoms with Crippen LogP contribution in [-0.4, -0.2) is 57.8 Å². The molecule has 0 aliphatic carbocycles. The third-order valence-electron chi connectivity index (χ3n) is 5.72. The summed E-state index contributed by atoms with van der Waals surface area (Å²) in [5, 5.41) is 0. The number of carbonyl (C=O) groups excluding carboxylic acids is 1. The number of anilines is 1. The van der Waals surface area contributed by atoms with Crippen LogP contribution in [0, 0.1) is 5.92 Å². The maximum absolute atomic E-state index is 13.1. The summed E-state index contributed by atoms with van der Waals surface area (Å²) in [7, 11) is -3.53. The van der Waals surface area contributed by atoms with Crippen molar-refractivity contribution in [1.82, 2.24) is 4.31 Å². The predicted molar refractivity (Wildman–Crippen MR) is 100.0 cm³/mol. The second-order valence-corrected chi connectivity index (χ2v) is 9.35. The molecule has 27 heavy (non-hydrogen) atoms. The molecule has 0 bridgehead atoms. The Kier molecular flexibility index (Phi) is 5.24. The number of hydrogen-bond acceptors (Lipinski definition) is 5. The molecule has 0 atom stereocenters. The third-order valence-corrected chi connectivity index (χ3v) is 7.61. The molecule has 1 aromatic carbocycles. The molecule has 8 heteroatoms. The average Bonchev–Trinajstić information content (AvgIpc) is 3.22. The van der Waals surface area contributed by atoms with E-state index >= 15 is 0 Å². The molecule has 3 aliphatic rings. The van der Waals surface area contributed by atoms with Gasteiger partial charge < -0.3 is 14.4 Å². The Labute approximate surface area is 160 Å². The molecule has 0 saturated carbocycles. The zero-order chi connectivity index (χ0) is 19.0. The van der Waals surface area contributed by atoms with Crippen molar-refractivity contribution in [3.05, 3.63) is 23.8 Å². The summed E-state index contributed by atoms with van der Waals surface area (Å²) in [4.78, 5) is 13.9. The summed E-state index contributed by atoms with van der Waals surface area (Å²) in [6, 6.07) is 5.15. The smallest absolute Gasteiger partial charge is 0.243 e. The number of amides is 1. The van der Waals surface area contributed by atoms with E-state index in [1.165, 1.54) is 0 Å². The molecule has 0 radical (unpaired) electrons. The minimum absolute atomic E-state index is 0.00928. The van der Waals surface area contributed by atoms with Gasteiger partial charge in [-0.3, -0.25) is 4.79 Å². The van der Waals surface area contributed by atoms with Gasteiger partial charge in [0.05, 0.1) is 18.1 Å². The van der Waals surface area contributed by atoms with Crippen molar-refractivity contribution in [3.8, 4) is 0 Å². The number of nitrogens with zero attached hydrogens (tertiary/aromatic N) is 2. The van der Waals surface area contributed by atoms with E-state index in [-0.39, 0.29) is 18.1 Å². The molecule has 3 aliphatic heterocycles. The predicted octanol–water partition coefficient (Wildman–Crippen LogP) is 1.76. The first-order valence-corrected chi connectivity index (χ1v) is 11.1. The van der Waals surface area contributed by atoms with Crippen molar-refractivity contribution in [2.24, 2.45) is 5.92 Å². The largest absolute Gasteiger partial charge is 0.350 e. The Hall–Kier alpha value is -1.48. The van der Waals surface area contributed by atoms with E-state index < -0.39 is 10.0 Å². The molecule has 2 fully saturated rings. The van der Waals surface area contributed by atoms with Gasteiger partial charge in [-0.15, -0.1) is 0 Å². The van der Waals surface area contributed by atoms with Gasteiger partial charge in [-0.1, -0.05) is 0 Å². The van der Waals surface area contributed by atoms with Gasteiger partial charge in [-0.05, 0) is 49.4 Å². The standard InChI is InChI=1S/C19H26N2O5S/c1-14(22)21-8-2-3-16-13-17(4-5-18(16)21)27(23,24)20-9-6-15(7-10-20)19-25-11-12-26-19/h4-5,13,15,19H,2-3,6-12H2,1H3. The van der Waals surface area contributed by atoms with Crippen molar-refractivity contribution in [1.29, 1.82) is 0 Å². The van der Waals surface area contributed by atoms with Crippen LogP contribution in [0.25, 0.3) is 0 Å². The second-order valence-electron chi connectivity index (χ2n) is 7.42. The third kappa shape index (κ3) is 3.63. The number of piperidine rings is 1. The quantitative estimate of drug-likeness (QED) is 0.781. The van der Waals surface area contributed by atoms with Gasteiger partial charge in [0.2, 0.25) is 15.9 Å². The number of rotatable bonds is 3. The SMILES string of the molecule is CC(=O)N1CCCc2cc(S(=O)(=O)N3CCC(C4OCCO4)CC3)ccc21. The van der Waals surface area contributed by atoms with Gasteiger partial charge in [0.25, 0.3) is 0 Å². The summed E-state index contributed by atoms with van der Waals surface area (Å²) in [5.41, 5.74) is 1.77.